The molecular weight excluding hydrogens is 344 g/mol. The van der Waals surface area contributed by atoms with Gasteiger partial charge in [-0.15, -0.1) is 12.4 Å². The molecule has 0 saturated heterocycles. The van der Waals surface area contributed by atoms with E-state index in [0.717, 1.165) is 4.47 Å². The predicted molar refractivity (Wildman–Crippen MR) is 88.6 cm³/mol. The molecule has 0 aliphatic rings. The maximum atomic E-state index is 12.0. The molecule has 1 aromatic carbocycles. The van der Waals surface area contributed by atoms with E-state index in [-0.39, 0.29) is 36.4 Å². The van der Waals surface area contributed by atoms with Crippen LogP contribution in [0.5, 0.6) is 5.75 Å². The zero-order valence-corrected chi connectivity index (χ0v) is 14.5. The highest BCUT2D eigenvalue weighted by Crippen LogP contribution is 2.26. The second-order valence-corrected chi connectivity index (χ2v) is 5.89. The normalized spacial score (nSPS) is 13.3. The molecule has 1 amide bonds. The van der Waals surface area contributed by atoms with E-state index in [1.165, 1.54) is 0 Å². The van der Waals surface area contributed by atoms with Crippen LogP contribution in [0.1, 0.15) is 27.7 Å². The molecule has 20 heavy (non-hydrogen) atoms. The number of anilines is 1. The summed E-state index contributed by atoms with van der Waals surface area (Å²) < 4.78 is 6.48. The zero-order valence-electron chi connectivity index (χ0n) is 12.1. The molecule has 0 heterocycles. The monoisotopic (exact) mass is 364 g/mol. The van der Waals surface area contributed by atoms with Gasteiger partial charge in [0.2, 0.25) is 5.91 Å². The maximum Gasteiger partial charge on any atom is 0.228 e. The number of nitrogens with two attached hydrogens (primary N) is 1. The topological polar surface area (TPSA) is 64.3 Å². The molecule has 0 saturated carbocycles. The van der Waals surface area contributed by atoms with Crippen molar-refractivity contribution in [1.82, 2.24) is 0 Å². The first-order valence-corrected chi connectivity index (χ1v) is 7.12. The number of hydrogen-bond donors (Lipinski definition) is 2. The van der Waals surface area contributed by atoms with Crippen LogP contribution in [-0.2, 0) is 4.79 Å². The zero-order chi connectivity index (χ0) is 14.6. The first-order valence-electron chi connectivity index (χ1n) is 6.33. The molecule has 0 bridgehead atoms. The lowest BCUT2D eigenvalue weighted by Crippen LogP contribution is -2.34. The van der Waals surface area contributed by atoms with E-state index in [9.17, 15) is 4.79 Å². The predicted octanol–water partition coefficient (Wildman–Crippen LogP) is 3.58. The van der Waals surface area contributed by atoms with Gasteiger partial charge in [0.15, 0.2) is 0 Å². The highest BCUT2D eigenvalue weighted by molar-refractivity contribution is 9.10. The molecule has 2 atom stereocenters. The molecule has 1 rings (SSSR count). The van der Waals surface area contributed by atoms with Crippen LogP contribution in [0, 0.1) is 5.92 Å². The molecule has 3 N–H and O–H groups in total. The maximum absolute atomic E-state index is 12.0. The summed E-state index contributed by atoms with van der Waals surface area (Å²) in [6.07, 6.45) is 0.0841. The molecule has 0 aromatic heterocycles. The highest BCUT2D eigenvalue weighted by atomic mass is 79.9. The van der Waals surface area contributed by atoms with Crippen molar-refractivity contribution in [2.45, 2.75) is 39.8 Å². The van der Waals surface area contributed by atoms with Gasteiger partial charge >= 0.3 is 0 Å². The van der Waals surface area contributed by atoms with Crippen LogP contribution in [0.15, 0.2) is 22.7 Å². The number of halogens is 2. The molecule has 0 aliphatic carbocycles. The Balaban J connectivity index is 0.00000361. The quantitative estimate of drug-likeness (QED) is 0.838. The molecule has 0 aliphatic heterocycles. The third kappa shape index (κ3) is 6.11. The van der Waals surface area contributed by atoms with E-state index in [2.05, 4.69) is 21.2 Å². The van der Waals surface area contributed by atoms with Gasteiger partial charge in [0.05, 0.1) is 12.0 Å². The fraction of sp³-hybridized carbons (Fsp3) is 0.500. The highest BCUT2D eigenvalue weighted by Gasteiger charge is 2.17. The number of carbonyl (C=O) groups is 1. The summed E-state index contributed by atoms with van der Waals surface area (Å²) in [5.41, 5.74) is 6.42. The van der Waals surface area contributed by atoms with Gasteiger partial charge in [-0.3, -0.25) is 4.79 Å². The van der Waals surface area contributed by atoms with E-state index < -0.39 is 0 Å². The number of benzene rings is 1. The minimum atomic E-state index is -0.242. The number of amides is 1. The van der Waals surface area contributed by atoms with Gasteiger partial charge in [-0.25, -0.2) is 0 Å². The van der Waals surface area contributed by atoms with E-state index in [4.69, 9.17) is 10.5 Å². The van der Waals surface area contributed by atoms with E-state index in [0.29, 0.717) is 11.4 Å². The Morgan fingerprint density at radius 1 is 1.25 bits per heavy atom. The minimum Gasteiger partial charge on any atom is -0.491 e. The summed E-state index contributed by atoms with van der Waals surface area (Å²) in [6.45, 7) is 7.54. The van der Waals surface area contributed by atoms with Crippen LogP contribution in [0.3, 0.4) is 0 Å². The lowest BCUT2D eigenvalue weighted by molar-refractivity contribution is -0.119. The molecule has 114 valence electrons. The number of hydrogen-bond acceptors (Lipinski definition) is 3. The minimum absolute atomic E-state index is 0. The smallest absolute Gasteiger partial charge is 0.228 e. The second-order valence-electron chi connectivity index (χ2n) is 4.98. The first-order chi connectivity index (χ1) is 8.79. The van der Waals surface area contributed by atoms with Crippen molar-refractivity contribution < 1.29 is 9.53 Å². The molecular formula is C14H22BrClN2O2. The Morgan fingerprint density at radius 3 is 2.35 bits per heavy atom. The number of rotatable bonds is 5. The SMILES string of the molecule is CC(C)Oc1cc(Br)cc(NC(=O)C(C)C(C)N)c1.Cl. The lowest BCUT2D eigenvalue weighted by Gasteiger charge is -2.16. The Morgan fingerprint density at radius 2 is 1.85 bits per heavy atom. The van der Waals surface area contributed by atoms with Crippen molar-refractivity contribution in [3.05, 3.63) is 22.7 Å². The first kappa shape index (κ1) is 19.2. The molecule has 0 fully saturated rings. The second kappa shape index (κ2) is 8.49. The van der Waals surface area contributed by atoms with E-state index in [1.807, 2.05) is 39.8 Å². The largest absolute Gasteiger partial charge is 0.491 e. The van der Waals surface area contributed by atoms with Crippen molar-refractivity contribution in [3.8, 4) is 5.75 Å². The summed E-state index contributed by atoms with van der Waals surface area (Å²) in [5, 5.41) is 2.85. The number of ether oxygens (including phenoxy) is 1. The Hall–Kier alpha value is -0.780. The van der Waals surface area contributed by atoms with Gasteiger partial charge in [-0.05, 0) is 32.9 Å². The van der Waals surface area contributed by atoms with Crippen LogP contribution in [0.4, 0.5) is 5.69 Å². The van der Waals surface area contributed by atoms with Crippen LogP contribution in [0.25, 0.3) is 0 Å². The van der Waals surface area contributed by atoms with Crippen molar-refractivity contribution in [3.63, 3.8) is 0 Å². The average molecular weight is 366 g/mol. The molecule has 0 spiro atoms. The van der Waals surface area contributed by atoms with Crippen LogP contribution < -0.4 is 15.8 Å². The van der Waals surface area contributed by atoms with Crippen LogP contribution in [0.2, 0.25) is 0 Å². The van der Waals surface area contributed by atoms with Gasteiger partial charge in [-0.1, -0.05) is 22.9 Å². The molecule has 2 unspecified atom stereocenters. The van der Waals surface area contributed by atoms with Crippen molar-refractivity contribution in [2.24, 2.45) is 11.7 Å². The molecule has 0 radical (unpaired) electrons. The van der Waals surface area contributed by atoms with E-state index >= 15 is 0 Å². The fourth-order valence-electron chi connectivity index (χ4n) is 1.47. The Bertz CT molecular complexity index is 453. The Kier molecular flexibility index (Phi) is 8.16. The van der Waals surface area contributed by atoms with Gasteiger partial charge in [0.25, 0.3) is 0 Å². The molecule has 1 aromatic rings. The van der Waals surface area contributed by atoms with Crippen LogP contribution in [-0.4, -0.2) is 18.1 Å². The van der Waals surface area contributed by atoms with Gasteiger partial charge < -0.3 is 15.8 Å². The summed E-state index contributed by atoms with van der Waals surface area (Å²) in [7, 11) is 0. The average Bonchev–Trinajstić information content (AvgIpc) is 2.25. The standard InChI is InChI=1S/C14H21BrN2O2.ClH/c1-8(2)19-13-6-11(15)5-12(7-13)17-14(18)9(3)10(4)16;/h5-10H,16H2,1-4H3,(H,17,18);1H. The van der Waals surface area contributed by atoms with Crippen molar-refractivity contribution in [2.75, 3.05) is 5.32 Å². The summed E-state index contributed by atoms with van der Waals surface area (Å²) in [6, 6.07) is 5.32. The summed E-state index contributed by atoms with van der Waals surface area (Å²) >= 11 is 3.40. The number of nitrogens with one attached hydrogen (secondary N) is 1. The lowest BCUT2D eigenvalue weighted by atomic mass is 10.0. The van der Waals surface area contributed by atoms with Crippen molar-refractivity contribution >= 4 is 39.9 Å². The third-order valence-electron chi connectivity index (χ3n) is 2.71. The summed E-state index contributed by atoms with van der Waals surface area (Å²) in [4.78, 5) is 12.0. The Labute approximate surface area is 135 Å². The molecule has 4 nitrogen and oxygen atoms in total. The third-order valence-corrected chi connectivity index (χ3v) is 3.17. The fourth-order valence-corrected chi connectivity index (χ4v) is 1.94. The van der Waals surface area contributed by atoms with Crippen molar-refractivity contribution in [1.29, 1.82) is 0 Å². The van der Waals surface area contributed by atoms with E-state index in [1.54, 1.807) is 6.07 Å². The summed E-state index contributed by atoms with van der Waals surface area (Å²) in [5.74, 6) is 0.380. The number of carbonyl (C=O) groups excluding carboxylic acids is 1. The van der Waals surface area contributed by atoms with Crippen LogP contribution >= 0.6 is 28.3 Å². The van der Waals surface area contributed by atoms with Gasteiger partial charge in [-0.2, -0.15) is 0 Å². The van der Waals surface area contributed by atoms with Gasteiger partial charge in [0, 0.05) is 22.3 Å². The van der Waals surface area contributed by atoms with Gasteiger partial charge in [0.1, 0.15) is 5.75 Å². The molecule has 6 heteroatoms.